The first-order valence-electron chi connectivity index (χ1n) is 8.84. The summed E-state index contributed by atoms with van der Waals surface area (Å²) in [7, 11) is 0. The molecule has 122 valence electrons. The molecule has 2 atom stereocenters. The Morgan fingerprint density at radius 1 is 1.10 bits per heavy atom. The van der Waals surface area contributed by atoms with E-state index in [1.54, 1.807) is 0 Å². The average Bonchev–Trinajstić information content (AvgIpc) is 2.43. The molecule has 1 saturated heterocycles. The van der Waals surface area contributed by atoms with Gasteiger partial charge in [0.15, 0.2) is 0 Å². The first-order valence-corrected chi connectivity index (χ1v) is 8.84. The number of amides is 2. The molecule has 4 heteroatoms. The maximum atomic E-state index is 12.1. The number of carbonyl (C=O) groups excluding carboxylic acids is 1. The van der Waals surface area contributed by atoms with Gasteiger partial charge in [0.2, 0.25) is 0 Å². The molecule has 0 unspecified atom stereocenters. The van der Waals surface area contributed by atoms with Gasteiger partial charge in [-0.3, -0.25) is 0 Å². The number of piperidine rings is 1. The Hall–Kier alpha value is -0.770. The quantitative estimate of drug-likeness (QED) is 0.837. The minimum Gasteiger partial charge on any atom is -0.335 e. The fourth-order valence-electron chi connectivity index (χ4n) is 3.70. The summed E-state index contributed by atoms with van der Waals surface area (Å²) in [5, 5.41) is 6.38. The van der Waals surface area contributed by atoms with Crippen LogP contribution in [0.2, 0.25) is 0 Å². The normalized spacial score (nSPS) is 28.6. The Bertz CT molecular complexity index is 324. The van der Waals surface area contributed by atoms with E-state index in [0.717, 1.165) is 38.3 Å². The van der Waals surface area contributed by atoms with Gasteiger partial charge >= 0.3 is 6.03 Å². The zero-order valence-corrected chi connectivity index (χ0v) is 14.0. The van der Waals surface area contributed by atoms with Crippen molar-refractivity contribution >= 4 is 6.03 Å². The molecule has 1 saturated carbocycles. The zero-order valence-electron chi connectivity index (χ0n) is 14.0. The van der Waals surface area contributed by atoms with E-state index in [1.165, 1.54) is 25.8 Å². The fraction of sp³-hybridized carbons (Fsp3) is 0.941. The summed E-state index contributed by atoms with van der Waals surface area (Å²) in [5.74, 6) is 1.35. The lowest BCUT2D eigenvalue weighted by Crippen LogP contribution is -2.51. The van der Waals surface area contributed by atoms with Crippen molar-refractivity contribution in [1.82, 2.24) is 15.5 Å². The van der Waals surface area contributed by atoms with Crippen LogP contribution in [0.15, 0.2) is 0 Å². The number of urea groups is 1. The van der Waals surface area contributed by atoms with Crippen LogP contribution in [0.4, 0.5) is 4.79 Å². The van der Waals surface area contributed by atoms with Crippen LogP contribution in [0.25, 0.3) is 0 Å². The van der Waals surface area contributed by atoms with E-state index in [1.807, 2.05) is 0 Å². The summed E-state index contributed by atoms with van der Waals surface area (Å²) in [6.45, 7) is 10.2. The molecule has 4 nitrogen and oxygen atoms in total. The number of carbonyl (C=O) groups is 1. The molecule has 2 fully saturated rings. The summed E-state index contributed by atoms with van der Waals surface area (Å²) in [6, 6.07) is 0.781. The molecule has 0 radical (unpaired) electrons. The molecule has 0 aromatic rings. The number of hydrogen-bond acceptors (Lipinski definition) is 2. The van der Waals surface area contributed by atoms with Crippen LogP contribution in [0.5, 0.6) is 0 Å². The van der Waals surface area contributed by atoms with Gasteiger partial charge < -0.3 is 15.5 Å². The van der Waals surface area contributed by atoms with E-state index >= 15 is 0 Å². The van der Waals surface area contributed by atoms with Crippen LogP contribution < -0.4 is 10.6 Å². The van der Waals surface area contributed by atoms with E-state index in [9.17, 15) is 4.79 Å². The molecule has 1 aliphatic heterocycles. The highest BCUT2D eigenvalue weighted by Gasteiger charge is 2.25. The van der Waals surface area contributed by atoms with Gasteiger partial charge in [-0.15, -0.1) is 0 Å². The summed E-state index contributed by atoms with van der Waals surface area (Å²) in [5.41, 5.74) is 0. The maximum Gasteiger partial charge on any atom is 0.315 e. The van der Waals surface area contributed by atoms with Crippen LogP contribution in [-0.2, 0) is 0 Å². The third-order valence-electron chi connectivity index (χ3n) is 4.97. The Morgan fingerprint density at radius 3 is 2.38 bits per heavy atom. The molecule has 2 N–H and O–H groups in total. The van der Waals surface area contributed by atoms with E-state index in [0.29, 0.717) is 18.0 Å². The number of rotatable bonds is 4. The van der Waals surface area contributed by atoms with E-state index in [4.69, 9.17) is 0 Å². The molecule has 2 aliphatic rings. The molecule has 0 bridgehead atoms. The third-order valence-corrected chi connectivity index (χ3v) is 4.97. The third kappa shape index (κ3) is 5.50. The standard InChI is InChI=1S/C17H33N3O/c1-13(2)12-20-10-8-15(9-11-20)18-17(21)19-16-7-5-4-6-14(16)3/h13-16H,4-12H2,1-3H3,(H2,18,19,21)/t14-,16-/m1/s1. The van der Waals surface area contributed by atoms with Gasteiger partial charge in [-0.25, -0.2) is 4.79 Å². The predicted octanol–water partition coefficient (Wildman–Crippen LogP) is 2.98. The Kier molecular flexibility index (Phi) is 6.34. The molecule has 2 amide bonds. The lowest BCUT2D eigenvalue weighted by molar-refractivity contribution is 0.174. The second-order valence-electron chi connectivity index (χ2n) is 7.45. The van der Waals surface area contributed by atoms with E-state index in [-0.39, 0.29) is 6.03 Å². The van der Waals surface area contributed by atoms with Gasteiger partial charge in [0.1, 0.15) is 0 Å². The predicted molar refractivity (Wildman–Crippen MR) is 87.4 cm³/mol. The van der Waals surface area contributed by atoms with Crippen molar-refractivity contribution in [3.05, 3.63) is 0 Å². The van der Waals surface area contributed by atoms with Crippen molar-refractivity contribution < 1.29 is 4.79 Å². The molecule has 2 rings (SSSR count). The lowest BCUT2D eigenvalue weighted by atomic mass is 9.86. The summed E-state index contributed by atoms with van der Waals surface area (Å²) in [6.07, 6.45) is 7.12. The minimum atomic E-state index is 0.0519. The van der Waals surface area contributed by atoms with Gasteiger partial charge in [0.05, 0.1) is 0 Å². The second kappa shape index (κ2) is 8.02. The number of nitrogens with one attached hydrogen (secondary N) is 2. The van der Waals surface area contributed by atoms with Crippen molar-refractivity contribution in [1.29, 1.82) is 0 Å². The topological polar surface area (TPSA) is 44.4 Å². The molecule has 1 heterocycles. The van der Waals surface area contributed by atoms with Crippen LogP contribution in [-0.4, -0.2) is 42.6 Å². The Labute approximate surface area is 130 Å². The Balaban J connectivity index is 1.67. The molecule has 0 spiro atoms. The lowest BCUT2D eigenvalue weighted by Gasteiger charge is -2.34. The fourth-order valence-corrected chi connectivity index (χ4v) is 3.70. The first kappa shape index (κ1) is 16.6. The van der Waals surface area contributed by atoms with Crippen LogP contribution in [0, 0.1) is 11.8 Å². The van der Waals surface area contributed by atoms with Crippen LogP contribution in [0.3, 0.4) is 0 Å². The van der Waals surface area contributed by atoms with E-state index < -0.39 is 0 Å². The van der Waals surface area contributed by atoms with Crippen molar-refractivity contribution in [2.75, 3.05) is 19.6 Å². The Morgan fingerprint density at radius 2 is 1.76 bits per heavy atom. The minimum absolute atomic E-state index is 0.0519. The van der Waals surface area contributed by atoms with Gasteiger partial charge in [0, 0.05) is 31.7 Å². The number of nitrogens with zero attached hydrogens (tertiary/aromatic N) is 1. The van der Waals surface area contributed by atoms with Gasteiger partial charge in [-0.2, -0.15) is 0 Å². The highest BCUT2D eigenvalue weighted by atomic mass is 16.2. The summed E-state index contributed by atoms with van der Waals surface area (Å²) >= 11 is 0. The maximum absolute atomic E-state index is 12.1. The van der Waals surface area contributed by atoms with Crippen molar-refractivity contribution in [3.8, 4) is 0 Å². The average molecular weight is 295 g/mol. The van der Waals surface area contributed by atoms with Gasteiger partial charge in [-0.05, 0) is 37.5 Å². The monoisotopic (exact) mass is 295 g/mol. The molecular formula is C17H33N3O. The molecule has 21 heavy (non-hydrogen) atoms. The van der Waals surface area contributed by atoms with Gasteiger partial charge in [-0.1, -0.05) is 33.6 Å². The zero-order chi connectivity index (χ0) is 15.2. The molecular weight excluding hydrogens is 262 g/mol. The summed E-state index contributed by atoms with van der Waals surface area (Å²) < 4.78 is 0. The first-order chi connectivity index (χ1) is 10.0. The molecule has 0 aromatic carbocycles. The van der Waals surface area contributed by atoms with Crippen molar-refractivity contribution in [2.45, 2.75) is 71.4 Å². The van der Waals surface area contributed by atoms with E-state index in [2.05, 4.69) is 36.3 Å². The smallest absolute Gasteiger partial charge is 0.315 e. The molecule has 1 aliphatic carbocycles. The largest absolute Gasteiger partial charge is 0.335 e. The summed E-state index contributed by atoms with van der Waals surface area (Å²) in [4.78, 5) is 14.7. The second-order valence-corrected chi connectivity index (χ2v) is 7.45. The highest BCUT2D eigenvalue weighted by molar-refractivity contribution is 5.74. The SMILES string of the molecule is CC(C)CN1CCC(NC(=O)N[C@@H]2CCCC[C@H]2C)CC1. The van der Waals surface area contributed by atoms with Crippen molar-refractivity contribution in [2.24, 2.45) is 11.8 Å². The van der Waals surface area contributed by atoms with Crippen molar-refractivity contribution in [3.63, 3.8) is 0 Å². The van der Waals surface area contributed by atoms with Crippen LogP contribution in [0.1, 0.15) is 59.3 Å². The van der Waals surface area contributed by atoms with Crippen LogP contribution >= 0.6 is 0 Å². The number of likely N-dealkylation sites (tertiary alicyclic amines) is 1. The highest BCUT2D eigenvalue weighted by Crippen LogP contribution is 2.23. The molecule has 0 aromatic heterocycles. The number of hydrogen-bond donors (Lipinski definition) is 2. The van der Waals surface area contributed by atoms with Gasteiger partial charge in [0.25, 0.3) is 0 Å².